The lowest BCUT2D eigenvalue weighted by Gasteiger charge is -2.10. The molecule has 1 aliphatic heterocycles. The molecular weight excluding hydrogens is 320 g/mol. The molecule has 1 fully saturated rings. The molecule has 4 nitrogen and oxygen atoms in total. The van der Waals surface area contributed by atoms with Crippen LogP contribution in [0.3, 0.4) is 0 Å². The molecule has 4 rings (SSSR count). The first kappa shape index (κ1) is 15.3. The van der Waals surface area contributed by atoms with E-state index in [9.17, 15) is 4.79 Å². The number of nitrogens with zero attached hydrogens (tertiary/aromatic N) is 1. The molecule has 0 spiro atoms. The number of nitrogens with one attached hydrogen (secondary N) is 1. The molecular formula is C19H18N2O2S. The van der Waals surface area contributed by atoms with Gasteiger partial charge in [-0.25, -0.2) is 4.98 Å². The van der Waals surface area contributed by atoms with Gasteiger partial charge < -0.3 is 10.1 Å². The molecule has 0 bridgehead atoms. The third-order valence-electron chi connectivity index (χ3n) is 4.14. The highest BCUT2D eigenvalue weighted by Gasteiger charge is 2.23. The average Bonchev–Trinajstić information content (AvgIpc) is 3.25. The summed E-state index contributed by atoms with van der Waals surface area (Å²) in [4.78, 5) is 16.7. The molecule has 1 N–H and O–H groups in total. The third-order valence-corrected chi connectivity index (χ3v) is 5.17. The second-order valence-corrected chi connectivity index (χ2v) is 7.06. The van der Waals surface area contributed by atoms with Gasteiger partial charge in [0.25, 0.3) is 5.91 Å². The molecule has 2 aromatic carbocycles. The van der Waals surface area contributed by atoms with Gasteiger partial charge in [0.2, 0.25) is 0 Å². The maximum atomic E-state index is 12.0. The Morgan fingerprint density at radius 3 is 2.79 bits per heavy atom. The molecule has 1 saturated heterocycles. The van der Waals surface area contributed by atoms with Crippen molar-refractivity contribution in [3.63, 3.8) is 0 Å². The number of amides is 1. The number of thiazole rings is 1. The number of ether oxygens (including phenoxy) is 1. The highest BCUT2D eigenvalue weighted by atomic mass is 32.1. The molecule has 1 aliphatic rings. The number of carbonyl (C=O) groups excluding carboxylic acids is 1. The normalized spacial score (nSPS) is 17.2. The number of anilines is 1. The molecule has 1 amide bonds. The van der Waals surface area contributed by atoms with Gasteiger partial charge in [-0.05, 0) is 42.7 Å². The maximum Gasteiger partial charge on any atom is 0.253 e. The van der Waals surface area contributed by atoms with E-state index in [1.807, 2.05) is 42.5 Å². The summed E-state index contributed by atoms with van der Waals surface area (Å²) in [5.41, 5.74) is 3.05. The average molecular weight is 338 g/mol. The van der Waals surface area contributed by atoms with Gasteiger partial charge in [-0.2, -0.15) is 0 Å². The van der Waals surface area contributed by atoms with E-state index in [0.717, 1.165) is 35.5 Å². The molecule has 2 heterocycles. The summed E-state index contributed by atoms with van der Waals surface area (Å²) in [5.74, 6) is -0.0496. The minimum Gasteiger partial charge on any atom is -0.368 e. The minimum atomic E-state index is -0.299. The van der Waals surface area contributed by atoms with Crippen molar-refractivity contribution in [1.29, 1.82) is 0 Å². The SMILES string of the molecule is O=C(Nc1ccc(Cc2nc3ccccc3s2)cc1)C1CCCO1. The fourth-order valence-corrected chi connectivity index (χ4v) is 3.88. The summed E-state index contributed by atoms with van der Waals surface area (Å²) in [6, 6.07) is 16.1. The first-order valence-electron chi connectivity index (χ1n) is 8.14. The number of aromatic nitrogens is 1. The summed E-state index contributed by atoms with van der Waals surface area (Å²) in [6.07, 6.45) is 2.27. The molecule has 0 aliphatic carbocycles. The molecule has 1 unspecified atom stereocenters. The summed E-state index contributed by atoms with van der Waals surface area (Å²) < 4.78 is 6.62. The molecule has 0 saturated carbocycles. The van der Waals surface area contributed by atoms with Crippen LogP contribution in [0, 0.1) is 0 Å². The van der Waals surface area contributed by atoms with Crippen molar-refractivity contribution >= 4 is 33.1 Å². The van der Waals surface area contributed by atoms with E-state index in [0.29, 0.717) is 6.61 Å². The van der Waals surface area contributed by atoms with Crippen molar-refractivity contribution in [1.82, 2.24) is 4.98 Å². The quantitative estimate of drug-likeness (QED) is 0.782. The van der Waals surface area contributed by atoms with Crippen LogP contribution in [0.15, 0.2) is 48.5 Å². The van der Waals surface area contributed by atoms with Gasteiger partial charge in [-0.1, -0.05) is 24.3 Å². The molecule has 3 aromatic rings. The number of fused-ring (bicyclic) bond motifs is 1. The zero-order chi connectivity index (χ0) is 16.4. The smallest absolute Gasteiger partial charge is 0.253 e. The van der Waals surface area contributed by atoms with Crippen LogP contribution in [-0.4, -0.2) is 23.6 Å². The predicted octanol–water partition coefficient (Wildman–Crippen LogP) is 4.00. The summed E-state index contributed by atoms with van der Waals surface area (Å²) >= 11 is 1.73. The number of benzene rings is 2. The zero-order valence-electron chi connectivity index (χ0n) is 13.2. The summed E-state index contributed by atoms with van der Waals surface area (Å²) in [7, 11) is 0. The lowest BCUT2D eigenvalue weighted by atomic mass is 10.1. The van der Waals surface area contributed by atoms with Crippen molar-refractivity contribution in [3.8, 4) is 0 Å². The van der Waals surface area contributed by atoms with Gasteiger partial charge in [0.15, 0.2) is 0 Å². The van der Waals surface area contributed by atoms with Crippen LogP contribution < -0.4 is 5.32 Å². The zero-order valence-corrected chi connectivity index (χ0v) is 14.0. The largest absolute Gasteiger partial charge is 0.368 e. The molecule has 1 atom stereocenters. The van der Waals surface area contributed by atoms with Gasteiger partial charge >= 0.3 is 0 Å². The van der Waals surface area contributed by atoms with Crippen LogP contribution >= 0.6 is 11.3 Å². The van der Waals surface area contributed by atoms with E-state index in [2.05, 4.69) is 16.4 Å². The van der Waals surface area contributed by atoms with Gasteiger partial charge in [0.1, 0.15) is 6.10 Å². The highest BCUT2D eigenvalue weighted by Crippen LogP contribution is 2.24. The minimum absolute atomic E-state index is 0.0496. The van der Waals surface area contributed by atoms with E-state index in [1.165, 1.54) is 10.3 Å². The van der Waals surface area contributed by atoms with Gasteiger partial charge in [-0.3, -0.25) is 4.79 Å². The Bertz CT molecular complexity index is 818. The van der Waals surface area contributed by atoms with Crippen LogP contribution in [0.25, 0.3) is 10.2 Å². The molecule has 0 radical (unpaired) electrons. The number of carbonyl (C=O) groups is 1. The first-order chi connectivity index (χ1) is 11.8. The fourth-order valence-electron chi connectivity index (χ4n) is 2.88. The second kappa shape index (κ2) is 6.71. The number of hydrogen-bond donors (Lipinski definition) is 1. The van der Waals surface area contributed by atoms with Crippen LogP contribution in [0.1, 0.15) is 23.4 Å². The van der Waals surface area contributed by atoms with E-state index in [1.54, 1.807) is 11.3 Å². The third kappa shape index (κ3) is 3.32. The van der Waals surface area contributed by atoms with Crippen molar-refractivity contribution in [2.24, 2.45) is 0 Å². The lowest BCUT2D eigenvalue weighted by molar-refractivity contribution is -0.124. The van der Waals surface area contributed by atoms with Crippen molar-refractivity contribution in [2.75, 3.05) is 11.9 Å². The Morgan fingerprint density at radius 1 is 1.21 bits per heavy atom. The summed E-state index contributed by atoms with van der Waals surface area (Å²) in [6.45, 7) is 0.680. The van der Waals surface area contributed by atoms with Crippen LogP contribution in [-0.2, 0) is 16.0 Å². The van der Waals surface area contributed by atoms with E-state index >= 15 is 0 Å². The van der Waals surface area contributed by atoms with Crippen molar-refractivity contribution < 1.29 is 9.53 Å². The Balaban J connectivity index is 1.42. The van der Waals surface area contributed by atoms with E-state index in [4.69, 9.17) is 4.74 Å². The number of para-hydroxylation sites is 1. The van der Waals surface area contributed by atoms with Crippen LogP contribution in [0.2, 0.25) is 0 Å². The van der Waals surface area contributed by atoms with Crippen molar-refractivity contribution in [3.05, 3.63) is 59.1 Å². The number of hydrogen-bond acceptors (Lipinski definition) is 4. The Labute approximate surface area is 144 Å². The van der Waals surface area contributed by atoms with Gasteiger partial charge in [0.05, 0.1) is 15.2 Å². The van der Waals surface area contributed by atoms with E-state index < -0.39 is 0 Å². The highest BCUT2D eigenvalue weighted by molar-refractivity contribution is 7.18. The molecule has 24 heavy (non-hydrogen) atoms. The first-order valence-corrected chi connectivity index (χ1v) is 8.95. The van der Waals surface area contributed by atoms with Gasteiger partial charge in [-0.15, -0.1) is 11.3 Å². The Hall–Kier alpha value is -2.24. The lowest BCUT2D eigenvalue weighted by Crippen LogP contribution is -2.26. The monoisotopic (exact) mass is 338 g/mol. The van der Waals surface area contributed by atoms with Crippen LogP contribution in [0.4, 0.5) is 5.69 Å². The predicted molar refractivity (Wildman–Crippen MR) is 96.5 cm³/mol. The Morgan fingerprint density at radius 2 is 2.04 bits per heavy atom. The van der Waals surface area contributed by atoms with Crippen molar-refractivity contribution in [2.45, 2.75) is 25.4 Å². The standard InChI is InChI=1S/C19H18N2O2S/c22-19(16-5-3-11-23-16)20-14-9-7-13(8-10-14)12-18-21-15-4-1-2-6-17(15)24-18/h1-2,4,6-10,16H,3,5,11-12H2,(H,20,22). The molecule has 5 heteroatoms. The molecule has 1 aromatic heterocycles. The maximum absolute atomic E-state index is 12.0. The van der Waals surface area contributed by atoms with Gasteiger partial charge in [0, 0.05) is 18.7 Å². The Kier molecular flexibility index (Phi) is 4.28. The van der Waals surface area contributed by atoms with Crippen LogP contribution in [0.5, 0.6) is 0 Å². The second-order valence-electron chi connectivity index (χ2n) is 5.94. The molecule has 122 valence electrons. The topological polar surface area (TPSA) is 51.2 Å². The van der Waals surface area contributed by atoms with E-state index in [-0.39, 0.29) is 12.0 Å². The number of rotatable bonds is 4. The summed E-state index contributed by atoms with van der Waals surface area (Å²) in [5, 5.41) is 4.02. The fraction of sp³-hybridized carbons (Fsp3) is 0.263.